The van der Waals surface area contributed by atoms with E-state index in [2.05, 4.69) is 5.32 Å². The molecule has 0 fully saturated rings. The molecule has 2 amide bonds. The Morgan fingerprint density at radius 3 is 2.28 bits per heavy atom. The van der Waals surface area contributed by atoms with Crippen LogP contribution in [0.4, 0.5) is 5.69 Å². The molecule has 0 aliphatic rings. The SMILES string of the molecule is CCCCNC(=O)[C@@H](C)N(Cc1cccc(C)c1)C(=O)CN(c1ccccc1CC)S(=O)(=O)c1ccccc1. The molecule has 39 heavy (non-hydrogen) atoms. The number of benzene rings is 3. The molecule has 0 saturated heterocycles. The summed E-state index contributed by atoms with van der Waals surface area (Å²) in [6.07, 6.45) is 2.36. The van der Waals surface area contributed by atoms with Gasteiger partial charge in [0.1, 0.15) is 12.6 Å². The van der Waals surface area contributed by atoms with Crippen LogP contribution in [0.15, 0.2) is 83.8 Å². The van der Waals surface area contributed by atoms with Gasteiger partial charge in [-0.3, -0.25) is 13.9 Å². The number of carbonyl (C=O) groups excluding carboxylic acids is 2. The first-order valence-corrected chi connectivity index (χ1v) is 14.9. The molecule has 0 aromatic heterocycles. The fraction of sp³-hybridized carbons (Fsp3) is 0.355. The van der Waals surface area contributed by atoms with Gasteiger partial charge in [0.15, 0.2) is 0 Å². The van der Waals surface area contributed by atoms with Gasteiger partial charge < -0.3 is 10.2 Å². The van der Waals surface area contributed by atoms with E-state index in [4.69, 9.17) is 0 Å². The number of nitrogens with one attached hydrogen (secondary N) is 1. The van der Waals surface area contributed by atoms with Crippen molar-refractivity contribution >= 4 is 27.5 Å². The molecule has 208 valence electrons. The molecule has 1 N–H and O–H groups in total. The van der Waals surface area contributed by atoms with Crippen molar-refractivity contribution in [3.05, 3.63) is 95.6 Å². The highest BCUT2D eigenvalue weighted by Gasteiger charge is 2.33. The zero-order valence-corrected chi connectivity index (χ0v) is 24.1. The highest BCUT2D eigenvalue weighted by Crippen LogP contribution is 2.28. The lowest BCUT2D eigenvalue weighted by Gasteiger charge is -2.32. The zero-order chi connectivity index (χ0) is 28.4. The summed E-state index contributed by atoms with van der Waals surface area (Å²) in [5, 5.41) is 2.91. The minimum Gasteiger partial charge on any atom is -0.354 e. The smallest absolute Gasteiger partial charge is 0.264 e. The van der Waals surface area contributed by atoms with Gasteiger partial charge in [-0.2, -0.15) is 0 Å². The first kappa shape index (κ1) is 29.9. The topological polar surface area (TPSA) is 86.8 Å². The number of unbranched alkanes of at least 4 members (excludes halogenated alkanes) is 1. The Balaban J connectivity index is 2.02. The van der Waals surface area contributed by atoms with Crippen molar-refractivity contribution in [2.45, 2.75) is 64.4 Å². The molecule has 0 spiro atoms. The fourth-order valence-electron chi connectivity index (χ4n) is 4.41. The normalized spacial score (nSPS) is 12.0. The van der Waals surface area contributed by atoms with E-state index in [9.17, 15) is 18.0 Å². The lowest BCUT2D eigenvalue weighted by molar-refractivity contribution is -0.139. The third kappa shape index (κ3) is 7.69. The number of hydrogen-bond donors (Lipinski definition) is 1. The molecule has 0 unspecified atom stereocenters. The predicted octanol–water partition coefficient (Wildman–Crippen LogP) is 5.09. The third-order valence-corrected chi connectivity index (χ3v) is 8.46. The van der Waals surface area contributed by atoms with E-state index in [0.29, 0.717) is 18.7 Å². The van der Waals surface area contributed by atoms with Crippen LogP contribution in [0.25, 0.3) is 0 Å². The molecule has 7 nitrogen and oxygen atoms in total. The number of amides is 2. The van der Waals surface area contributed by atoms with Gasteiger partial charge in [0.05, 0.1) is 10.6 Å². The zero-order valence-electron chi connectivity index (χ0n) is 23.3. The van der Waals surface area contributed by atoms with Gasteiger partial charge in [0.25, 0.3) is 10.0 Å². The van der Waals surface area contributed by atoms with Crippen LogP contribution in [0.5, 0.6) is 0 Å². The standard InChI is InChI=1S/C31H39N3O4S/c1-5-7-20-32-31(36)25(4)33(22-26-15-13-14-24(3)21-26)30(35)23-34(29-19-12-11-16-27(29)6-2)39(37,38)28-17-9-8-10-18-28/h8-19,21,25H,5-7,20,22-23H2,1-4H3,(H,32,36)/t25-/m1/s1. The van der Waals surface area contributed by atoms with Crippen molar-refractivity contribution < 1.29 is 18.0 Å². The summed E-state index contributed by atoms with van der Waals surface area (Å²) in [6, 6.07) is 22.3. The lowest BCUT2D eigenvalue weighted by Crippen LogP contribution is -2.51. The second-order valence-corrected chi connectivity index (χ2v) is 11.5. The molecule has 8 heteroatoms. The quantitative estimate of drug-likeness (QED) is 0.301. The number of sulfonamides is 1. The number of para-hydroxylation sites is 1. The van der Waals surface area contributed by atoms with Crippen LogP contribution < -0.4 is 9.62 Å². The summed E-state index contributed by atoms with van der Waals surface area (Å²) in [4.78, 5) is 28.6. The maximum atomic E-state index is 14.0. The van der Waals surface area contributed by atoms with Gasteiger partial charge >= 0.3 is 0 Å². The largest absolute Gasteiger partial charge is 0.354 e. The Labute approximate surface area is 232 Å². The van der Waals surface area contributed by atoms with Crippen LogP contribution in [-0.4, -0.2) is 44.3 Å². The molecule has 0 aliphatic heterocycles. The van der Waals surface area contributed by atoms with Crippen LogP contribution in [-0.2, 0) is 32.6 Å². The van der Waals surface area contributed by atoms with E-state index in [1.165, 1.54) is 21.3 Å². The summed E-state index contributed by atoms with van der Waals surface area (Å²) >= 11 is 0. The molecular formula is C31H39N3O4S. The maximum absolute atomic E-state index is 14.0. The molecular weight excluding hydrogens is 510 g/mol. The first-order chi connectivity index (χ1) is 18.7. The molecule has 1 atom stereocenters. The van der Waals surface area contributed by atoms with E-state index in [1.54, 1.807) is 37.3 Å². The summed E-state index contributed by atoms with van der Waals surface area (Å²) in [7, 11) is -4.07. The summed E-state index contributed by atoms with van der Waals surface area (Å²) in [5.74, 6) is -0.726. The Hall–Kier alpha value is -3.65. The van der Waals surface area contributed by atoms with Crippen LogP contribution >= 0.6 is 0 Å². The van der Waals surface area contributed by atoms with Gasteiger partial charge in [0.2, 0.25) is 11.8 Å². The number of hydrogen-bond acceptors (Lipinski definition) is 4. The Bertz CT molecular complexity index is 1360. The molecule has 0 aliphatic carbocycles. The minimum absolute atomic E-state index is 0.0966. The number of aryl methyl sites for hydroxylation is 2. The maximum Gasteiger partial charge on any atom is 0.264 e. The van der Waals surface area contributed by atoms with Crippen molar-refractivity contribution in [3.8, 4) is 0 Å². The van der Waals surface area contributed by atoms with Gasteiger partial charge in [-0.15, -0.1) is 0 Å². The fourth-order valence-corrected chi connectivity index (χ4v) is 5.89. The lowest BCUT2D eigenvalue weighted by atomic mass is 10.1. The van der Waals surface area contributed by atoms with Crippen molar-refractivity contribution in [1.82, 2.24) is 10.2 Å². The van der Waals surface area contributed by atoms with Gasteiger partial charge in [-0.1, -0.05) is 86.5 Å². The van der Waals surface area contributed by atoms with E-state index in [0.717, 1.165) is 29.5 Å². The average Bonchev–Trinajstić information content (AvgIpc) is 2.94. The summed E-state index contributed by atoms with van der Waals surface area (Å²) < 4.78 is 29.0. The van der Waals surface area contributed by atoms with Crippen LogP contribution in [0, 0.1) is 6.92 Å². The summed E-state index contributed by atoms with van der Waals surface area (Å²) in [6.45, 7) is 7.89. The van der Waals surface area contributed by atoms with Crippen LogP contribution in [0.3, 0.4) is 0 Å². The first-order valence-electron chi connectivity index (χ1n) is 13.5. The summed E-state index contributed by atoms with van der Waals surface area (Å²) in [5.41, 5.74) is 3.15. The molecule has 0 heterocycles. The average molecular weight is 550 g/mol. The molecule has 0 saturated carbocycles. The number of carbonyl (C=O) groups is 2. The number of anilines is 1. The molecule has 0 radical (unpaired) electrons. The second-order valence-electron chi connectivity index (χ2n) is 9.64. The Kier molecular flexibility index (Phi) is 10.7. The highest BCUT2D eigenvalue weighted by molar-refractivity contribution is 7.92. The minimum atomic E-state index is -4.07. The molecule has 3 aromatic rings. The van der Waals surface area contributed by atoms with E-state index in [1.807, 2.05) is 57.2 Å². The van der Waals surface area contributed by atoms with Crippen molar-refractivity contribution in [3.63, 3.8) is 0 Å². The predicted molar refractivity (Wildman–Crippen MR) is 156 cm³/mol. The highest BCUT2D eigenvalue weighted by atomic mass is 32.2. The van der Waals surface area contributed by atoms with Gasteiger partial charge in [0, 0.05) is 13.1 Å². The molecule has 0 bridgehead atoms. The monoisotopic (exact) mass is 549 g/mol. The second kappa shape index (κ2) is 13.9. The van der Waals surface area contributed by atoms with E-state index < -0.39 is 28.5 Å². The van der Waals surface area contributed by atoms with Gasteiger partial charge in [-0.05, 0) is 56.0 Å². The van der Waals surface area contributed by atoms with Gasteiger partial charge in [-0.25, -0.2) is 8.42 Å². The van der Waals surface area contributed by atoms with Crippen molar-refractivity contribution in [2.75, 3.05) is 17.4 Å². The number of nitrogens with zero attached hydrogens (tertiary/aromatic N) is 2. The van der Waals surface area contributed by atoms with Crippen LogP contribution in [0.2, 0.25) is 0 Å². The molecule has 3 rings (SSSR count). The third-order valence-electron chi connectivity index (χ3n) is 6.68. The van der Waals surface area contributed by atoms with E-state index in [-0.39, 0.29) is 17.3 Å². The van der Waals surface area contributed by atoms with E-state index >= 15 is 0 Å². The Morgan fingerprint density at radius 1 is 0.923 bits per heavy atom. The van der Waals surface area contributed by atoms with Crippen molar-refractivity contribution in [2.24, 2.45) is 0 Å². The van der Waals surface area contributed by atoms with Crippen LogP contribution in [0.1, 0.15) is 50.3 Å². The van der Waals surface area contributed by atoms with Crippen molar-refractivity contribution in [1.29, 1.82) is 0 Å². The number of rotatable bonds is 13. The molecule has 3 aromatic carbocycles. The Morgan fingerprint density at radius 2 is 1.62 bits per heavy atom.